The largest absolute Gasteiger partial charge is 0.354 e. The molecular formula is C15H27N3O2. The number of rotatable bonds is 5. The minimum atomic E-state index is 0.0498. The lowest BCUT2D eigenvalue weighted by Gasteiger charge is -2.29. The average molecular weight is 281 g/mol. The molecule has 2 saturated heterocycles. The van der Waals surface area contributed by atoms with E-state index in [9.17, 15) is 9.59 Å². The Kier molecular flexibility index (Phi) is 5.83. The van der Waals surface area contributed by atoms with Gasteiger partial charge in [0, 0.05) is 26.1 Å². The van der Waals surface area contributed by atoms with Crippen molar-refractivity contribution < 1.29 is 9.59 Å². The lowest BCUT2D eigenvalue weighted by molar-refractivity contribution is -0.130. The maximum absolute atomic E-state index is 11.8. The second-order valence-corrected chi connectivity index (χ2v) is 6.15. The Balaban J connectivity index is 1.56. The van der Waals surface area contributed by atoms with Gasteiger partial charge in [0.2, 0.25) is 11.8 Å². The Morgan fingerprint density at radius 1 is 1.10 bits per heavy atom. The Labute approximate surface area is 121 Å². The van der Waals surface area contributed by atoms with E-state index in [1.54, 1.807) is 0 Å². The van der Waals surface area contributed by atoms with Crippen LogP contribution >= 0.6 is 0 Å². The van der Waals surface area contributed by atoms with Gasteiger partial charge in [0.15, 0.2) is 0 Å². The number of carbonyl (C=O) groups is 2. The fourth-order valence-corrected chi connectivity index (χ4v) is 2.91. The van der Waals surface area contributed by atoms with Gasteiger partial charge in [-0.05, 0) is 44.7 Å². The van der Waals surface area contributed by atoms with Gasteiger partial charge in [-0.25, -0.2) is 0 Å². The third-order valence-electron chi connectivity index (χ3n) is 4.36. The lowest BCUT2D eigenvalue weighted by atomic mass is 9.99. The van der Waals surface area contributed by atoms with Gasteiger partial charge < -0.3 is 10.2 Å². The molecular weight excluding hydrogens is 254 g/mol. The second kappa shape index (κ2) is 7.62. The van der Waals surface area contributed by atoms with E-state index >= 15 is 0 Å². The molecule has 20 heavy (non-hydrogen) atoms. The van der Waals surface area contributed by atoms with E-state index in [0.717, 1.165) is 44.9 Å². The molecule has 0 aliphatic carbocycles. The normalized spacial score (nSPS) is 21.1. The van der Waals surface area contributed by atoms with Gasteiger partial charge >= 0.3 is 0 Å². The van der Waals surface area contributed by atoms with E-state index in [-0.39, 0.29) is 11.8 Å². The van der Waals surface area contributed by atoms with Gasteiger partial charge in [-0.2, -0.15) is 0 Å². The standard InChI is InChI=1S/C15H27N3O2/c1-13-5-10-17(11-6-13)12-14(19)16-7-4-15(20)18-8-2-3-9-18/h13H,2-12H2,1H3,(H,16,19). The van der Waals surface area contributed by atoms with Crippen molar-refractivity contribution in [2.24, 2.45) is 5.92 Å². The minimum Gasteiger partial charge on any atom is -0.354 e. The van der Waals surface area contributed by atoms with E-state index in [2.05, 4.69) is 17.1 Å². The molecule has 2 heterocycles. The van der Waals surface area contributed by atoms with Crippen LogP contribution in [0, 0.1) is 5.92 Å². The first-order chi connectivity index (χ1) is 9.65. The second-order valence-electron chi connectivity index (χ2n) is 6.15. The van der Waals surface area contributed by atoms with Crippen LogP contribution in [-0.4, -0.2) is 60.9 Å². The number of carbonyl (C=O) groups excluding carboxylic acids is 2. The van der Waals surface area contributed by atoms with Crippen LogP contribution in [0.4, 0.5) is 0 Å². The topological polar surface area (TPSA) is 52.7 Å². The van der Waals surface area contributed by atoms with Crippen LogP contribution in [0.3, 0.4) is 0 Å². The number of nitrogens with zero attached hydrogens (tertiary/aromatic N) is 2. The summed E-state index contributed by atoms with van der Waals surface area (Å²) < 4.78 is 0. The number of amides is 2. The van der Waals surface area contributed by atoms with E-state index < -0.39 is 0 Å². The molecule has 0 atom stereocenters. The van der Waals surface area contributed by atoms with Crippen molar-refractivity contribution in [1.82, 2.24) is 15.1 Å². The SMILES string of the molecule is CC1CCN(CC(=O)NCCC(=O)N2CCCC2)CC1. The van der Waals surface area contributed by atoms with Crippen LogP contribution in [0.5, 0.6) is 0 Å². The van der Waals surface area contributed by atoms with Crippen LogP contribution in [0.1, 0.15) is 39.0 Å². The minimum absolute atomic E-state index is 0.0498. The van der Waals surface area contributed by atoms with Crippen molar-refractivity contribution >= 4 is 11.8 Å². The van der Waals surface area contributed by atoms with E-state index in [1.165, 1.54) is 12.8 Å². The van der Waals surface area contributed by atoms with Crippen LogP contribution in [-0.2, 0) is 9.59 Å². The first kappa shape index (κ1) is 15.3. The van der Waals surface area contributed by atoms with Gasteiger partial charge in [-0.1, -0.05) is 6.92 Å². The van der Waals surface area contributed by atoms with Gasteiger partial charge in [-0.3, -0.25) is 14.5 Å². The number of hydrogen-bond acceptors (Lipinski definition) is 3. The summed E-state index contributed by atoms with van der Waals surface area (Å²) in [5, 5.41) is 2.87. The summed E-state index contributed by atoms with van der Waals surface area (Å²) in [7, 11) is 0. The van der Waals surface area contributed by atoms with Gasteiger partial charge in [0.05, 0.1) is 6.54 Å². The van der Waals surface area contributed by atoms with Crippen molar-refractivity contribution in [1.29, 1.82) is 0 Å². The van der Waals surface area contributed by atoms with Gasteiger partial charge in [0.1, 0.15) is 0 Å². The van der Waals surface area contributed by atoms with Crippen LogP contribution in [0.15, 0.2) is 0 Å². The predicted octanol–water partition coefficient (Wildman–Crippen LogP) is 0.847. The molecule has 2 amide bonds. The summed E-state index contributed by atoms with van der Waals surface area (Å²) in [4.78, 5) is 27.7. The molecule has 2 rings (SSSR count). The van der Waals surface area contributed by atoms with E-state index in [4.69, 9.17) is 0 Å². The van der Waals surface area contributed by atoms with E-state index in [0.29, 0.717) is 19.5 Å². The van der Waals surface area contributed by atoms with Crippen LogP contribution in [0.25, 0.3) is 0 Å². The molecule has 5 nitrogen and oxygen atoms in total. The molecule has 0 aromatic carbocycles. The summed E-state index contributed by atoms with van der Waals surface area (Å²) in [5.74, 6) is 1.01. The summed E-state index contributed by atoms with van der Waals surface area (Å²) in [6.45, 7) is 7.02. The Hall–Kier alpha value is -1.10. The highest BCUT2D eigenvalue weighted by Gasteiger charge is 2.19. The molecule has 0 saturated carbocycles. The number of hydrogen-bond donors (Lipinski definition) is 1. The van der Waals surface area contributed by atoms with Crippen LogP contribution < -0.4 is 5.32 Å². The molecule has 2 fully saturated rings. The average Bonchev–Trinajstić information content (AvgIpc) is 2.95. The van der Waals surface area contributed by atoms with Crippen molar-refractivity contribution in [3.05, 3.63) is 0 Å². The predicted molar refractivity (Wildman–Crippen MR) is 78.3 cm³/mol. The monoisotopic (exact) mass is 281 g/mol. The highest BCUT2D eigenvalue weighted by Crippen LogP contribution is 2.15. The molecule has 0 bridgehead atoms. The molecule has 2 aliphatic rings. The molecule has 0 radical (unpaired) electrons. The van der Waals surface area contributed by atoms with Crippen molar-refractivity contribution in [3.63, 3.8) is 0 Å². The quantitative estimate of drug-likeness (QED) is 0.813. The summed E-state index contributed by atoms with van der Waals surface area (Å²) in [5.41, 5.74) is 0. The van der Waals surface area contributed by atoms with Crippen LogP contribution in [0.2, 0.25) is 0 Å². The van der Waals surface area contributed by atoms with Gasteiger partial charge in [0.25, 0.3) is 0 Å². The maximum Gasteiger partial charge on any atom is 0.234 e. The fourth-order valence-electron chi connectivity index (χ4n) is 2.91. The van der Waals surface area contributed by atoms with E-state index in [1.807, 2.05) is 4.90 Å². The number of piperidine rings is 1. The Morgan fingerprint density at radius 3 is 2.40 bits per heavy atom. The summed E-state index contributed by atoms with van der Waals surface area (Å²) in [6.07, 6.45) is 5.03. The summed E-state index contributed by atoms with van der Waals surface area (Å²) in [6, 6.07) is 0. The Morgan fingerprint density at radius 2 is 1.75 bits per heavy atom. The highest BCUT2D eigenvalue weighted by atomic mass is 16.2. The smallest absolute Gasteiger partial charge is 0.234 e. The Bertz CT molecular complexity index is 332. The van der Waals surface area contributed by atoms with Gasteiger partial charge in [-0.15, -0.1) is 0 Å². The lowest BCUT2D eigenvalue weighted by Crippen LogP contribution is -2.42. The first-order valence-corrected chi connectivity index (χ1v) is 7.92. The third-order valence-corrected chi connectivity index (χ3v) is 4.36. The molecule has 0 unspecified atom stereocenters. The molecule has 0 spiro atoms. The molecule has 0 aromatic rings. The molecule has 114 valence electrons. The van der Waals surface area contributed by atoms with Crippen molar-refractivity contribution in [2.75, 3.05) is 39.3 Å². The molecule has 5 heteroatoms. The van der Waals surface area contributed by atoms with Crippen molar-refractivity contribution in [3.8, 4) is 0 Å². The summed E-state index contributed by atoms with van der Waals surface area (Å²) >= 11 is 0. The molecule has 0 aromatic heterocycles. The highest BCUT2D eigenvalue weighted by molar-refractivity contribution is 5.80. The number of nitrogens with one attached hydrogen (secondary N) is 1. The first-order valence-electron chi connectivity index (χ1n) is 7.92. The molecule has 1 N–H and O–H groups in total. The zero-order valence-corrected chi connectivity index (χ0v) is 12.6. The zero-order chi connectivity index (χ0) is 14.4. The number of likely N-dealkylation sites (tertiary alicyclic amines) is 2. The molecule has 2 aliphatic heterocycles. The zero-order valence-electron chi connectivity index (χ0n) is 12.6. The maximum atomic E-state index is 11.8. The van der Waals surface area contributed by atoms with Crippen molar-refractivity contribution in [2.45, 2.75) is 39.0 Å². The fraction of sp³-hybridized carbons (Fsp3) is 0.867. The third kappa shape index (κ3) is 4.78.